The van der Waals surface area contributed by atoms with Gasteiger partial charge in [0.25, 0.3) is 0 Å². The topological polar surface area (TPSA) is 37.8 Å². The van der Waals surface area contributed by atoms with Gasteiger partial charge in [-0.05, 0) is 37.4 Å². The molecule has 2 aromatic rings. The molecule has 3 nitrogen and oxygen atoms in total. The van der Waals surface area contributed by atoms with Crippen molar-refractivity contribution in [2.75, 3.05) is 13.1 Å². The van der Waals surface area contributed by atoms with Crippen molar-refractivity contribution in [3.63, 3.8) is 0 Å². The maximum Gasteiger partial charge on any atom is 0.117 e. The van der Waals surface area contributed by atoms with Crippen molar-refractivity contribution in [3.8, 4) is 0 Å². The monoisotopic (exact) mass is 303 g/mol. The molecular formula is C17H25N3S. The Labute approximate surface area is 131 Å². The van der Waals surface area contributed by atoms with Crippen LogP contribution in [0.2, 0.25) is 0 Å². The molecule has 1 aromatic carbocycles. The molecule has 0 spiro atoms. The van der Waals surface area contributed by atoms with Gasteiger partial charge >= 0.3 is 0 Å². The van der Waals surface area contributed by atoms with E-state index in [2.05, 4.69) is 59.7 Å². The number of aryl methyl sites for hydroxylation is 3. The van der Waals surface area contributed by atoms with E-state index in [1.807, 2.05) is 0 Å². The summed E-state index contributed by atoms with van der Waals surface area (Å²) in [4.78, 5) is 0. The van der Waals surface area contributed by atoms with Crippen LogP contribution in [0, 0.1) is 5.92 Å². The first-order chi connectivity index (χ1) is 10.2. The molecule has 0 radical (unpaired) electrons. The Hall–Kier alpha value is -1.26. The highest BCUT2D eigenvalue weighted by Gasteiger charge is 2.04. The van der Waals surface area contributed by atoms with Crippen molar-refractivity contribution < 1.29 is 0 Å². The Balaban J connectivity index is 1.67. The van der Waals surface area contributed by atoms with E-state index in [1.54, 1.807) is 11.3 Å². The van der Waals surface area contributed by atoms with E-state index in [4.69, 9.17) is 0 Å². The first-order valence-corrected chi connectivity index (χ1v) is 8.61. The van der Waals surface area contributed by atoms with Gasteiger partial charge in [-0.2, -0.15) is 0 Å². The molecule has 1 aromatic heterocycles. The van der Waals surface area contributed by atoms with Crippen molar-refractivity contribution in [3.05, 3.63) is 45.9 Å². The minimum Gasteiger partial charge on any atom is -0.316 e. The van der Waals surface area contributed by atoms with Gasteiger partial charge in [0.15, 0.2) is 0 Å². The quantitative estimate of drug-likeness (QED) is 0.721. The highest BCUT2D eigenvalue weighted by Crippen LogP contribution is 2.14. The highest BCUT2D eigenvalue weighted by atomic mass is 32.1. The molecule has 1 heterocycles. The van der Waals surface area contributed by atoms with Gasteiger partial charge < -0.3 is 5.32 Å². The molecule has 1 N–H and O–H groups in total. The number of nitrogens with zero attached hydrogens (tertiary/aromatic N) is 2. The van der Waals surface area contributed by atoms with Crippen molar-refractivity contribution in [1.29, 1.82) is 0 Å². The molecule has 0 aliphatic rings. The molecule has 0 amide bonds. The number of nitrogens with one attached hydrogen (secondary N) is 1. The molecule has 0 atom stereocenters. The lowest BCUT2D eigenvalue weighted by Gasteiger charge is -2.05. The van der Waals surface area contributed by atoms with E-state index >= 15 is 0 Å². The summed E-state index contributed by atoms with van der Waals surface area (Å²) in [6, 6.07) is 10.6. The van der Waals surface area contributed by atoms with E-state index in [1.165, 1.54) is 10.6 Å². The van der Waals surface area contributed by atoms with Crippen molar-refractivity contribution in [1.82, 2.24) is 15.5 Å². The number of rotatable bonds is 9. The summed E-state index contributed by atoms with van der Waals surface area (Å²) in [5.74, 6) is 0.719. The van der Waals surface area contributed by atoms with Crippen LogP contribution in [-0.2, 0) is 19.3 Å². The van der Waals surface area contributed by atoms with Crippen molar-refractivity contribution in [2.45, 2.75) is 39.5 Å². The number of hydrogen-bond donors (Lipinski definition) is 1. The molecule has 0 saturated heterocycles. The van der Waals surface area contributed by atoms with Crippen molar-refractivity contribution >= 4 is 11.3 Å². The summed E-state index contributed by atoms with van der Waals surface area (Å²) in [7, 11) is 0. The summed E-state index contributed by atoms with van der Waals surface area (Å²) >= 11 is 1.77. The lowest BCUT2D eigenvalue weighted by Crippen LogP contribution is -2.21. The lowest BCUT2D eigenvalue weighted by molar-refractivity contribution is 0.542. The largest absolute Gasteiger partial charge is 0.316 e. The highest BCUT2D eigenvalue weighted by molar-refractivity contribution is 7.11. The van der Waals surface area contributed by atoms with Gasteiger partial charge in [-0.3, -0.25) is 0 Å². The average Bonchev–Trinajstić information content (AvgIpc) is 2.93. The minimum absolute atomic E-state index is 0.719. The summed E-state index contributed by atoms with van der Waals surface area (Å²) in [6.45, 7) is 6.63. The first-order valence-electron chi connectivity index (χ1n) is 7.80. The number of hydrogen-bond acceptors (Lipinski definition) is 4. The van der Waals surface area contributed by atoms with Gasteiger partial charge in [0.05, 0.1) is 0 Å². The molecule has 0 aliphatic heterocycles. The van der Waals surface area contributed by atoms with Gasteiger partial charge in [-0.15, -0.1) is 21.5 Å². The molecule has 0 unspecified atom stereocenters. The second kappa shape index (κ2) is 8.90. The maximum atomic E-state index is 4.31. The van der Waals surface area contributed by atoms with Crippen molar-refractivity contribution in [2.24, 2.45) is 5.92 Å². The zero-order chi connectivity index (χ0) is 14.9. The Morgan fingerprint density at radius 1 is 1.00 bits per heavy atom. The normalized spacial score (nSPS) is 11.2. The minimum atomic E-state index is 0.719. The number of benzene rings is 1. The predicted octanol–water partition coefficient (Wildman–Crippen LogP) is 3.50. The van der Waals surface area contributed by atoms with Gasteiger partial charge in [-0.25, -0.2) is 0 Å². The fraction of sp³-hybridized carbons (Fsp3) is 0.529. The molecule has 0 fully saturated rings. The van der Waals surface area contributed by atoms with E-state index < -0.39 is 0 Å². The second-order valence-corrected chi connectivity index (χ2v) is 6.92. The molecule has 21 heavy (non-hydrogen) atoms. The summed E-state index contributed by atoms with van der Waals surface area (Å²) < 4.78 is 0. The van der Waals surface area contributed by atoms with Crippen LogP contribution in [0.15, 0.2) is 30.3 Å². The fourth-order valence-electron chi connectivity index (χ4n) is 2.14. The van der Waals surface area contributed by atoms with Crippen LogP contribution >= 0.6 is 11.3 Å². The SMILES string of the molecule is CC(C)CNCCCc1nnc(CCc2ccccc2)s1. The van der Waals surface area contributed by atoms with Crippen LogP contribution in [0.1, 0.15) is 35.8 Å². The Bertz CT molecular complexity index is 508. The van der Waals surface area contributed by atoms with Crippen LogP contribution < -0.4 is 5.32 Å². The Morgan fingerprint density at radius 2 is 1.71 bits per heavy atom. The first kappa shape index (κ1) is 16.1. The van der Waals surface area contributed by atoms with Gasteiger partial charge in [0, 0.05) is 12.8 Å². The molecule has 0 saturated carbocycles. The zero-order valence-corrected chi connectivity index (χ0v) is 13.8. The molecular weight excluding hydrogens is 278 g/mol. The Morgan fingerprint density at radius 3 is 2.43 bits per heavy atom. The van der Waals surface area contributed by atoms with Crippen LogP contribution in [0.3, 0.4) is 0 Å². The third-order valence-corrected chi connectivity index (χ3v) is 4.32. The fourth-order valence-corrected chi connectivity index (χ4v) is 3.03. The summed E-state index contributed by atoms with van der Waals surface area (Å²) in [5.41, 5.74) is 1.37. The summed E-state index contributed by atoms with van der Waals surface area (Å²) in [6.07, 6.45) is 4.22. The second-order valence-electron chi connectivity index (χ2n) is 5.78. The van der Waals surface area contributed by atoms with Crippen LogP contribution in [0.5, 0.6) is 0 Å². The molecule has 4 heteroatoms. The number of aromatic nitrogens is 2. The smallest absolute Gasteiger partial charge is 0.117 e. The third kappa shape index (κ3) is 6.36. The van der Waals surface area contributed by atoms with E-state index in [9.17, 15) is 0 Å². The molecule has 114 valence electrons. The summed E-state index contributed by atoms with van der Waals surface area (Å²) in [5, 5.41) is 14.4. The van der Waals surface area contributed by atoms with Gasteiger partial charge in [0.1, 0.15) is 10.0 Å². The molecule has 0 bridgehead atoms. The zero-order valence-electron chi connectivity index (χ0n) is 13.0. The maximum absolute atomic E-state index is 4.31. The molecule has 0 aliphatic carbocycles. The predicted molar refractivity (Wildman–Crippen MR) is 89.8 cm³/mol. The third-order valence-electron chi connectivity index (χ3n) is 3.28. The van der Waals surface area contributed by atoms with E-state index in [0.29, 0.717) is 0 Å². The standard InChI is InChI=1S/C17H25N3S/c1-14(2)13-18-12-6-9-16-19-20-17(21-16)11-10-15-7-4-3-5-8-15/h3-5,7-8,14,18H,6,9-13H2,1-2H3. The molecule has 2 rings (SSSR count). The Kier molecular flexibility index (Phi) is 6.83. The van der Waals surface area contributed by atoms with Gasteiger partial charge in [0.2, 0.25) is 0 Å². The average molecular weight is 303 g/mol. The van der Waals surface area contributed by atoms with Gasteiger partial charge in [-0.1, -0.05) is 44.2 Å². The van der Waals surface area contributed by atoms with E-state index in [0.717, 1.165) is 49.7 Å². The lowest BCUT2D eigenvalue weighted by atomic mass is 10.1. The van der Waals surface area contributed by atoms with E-state index in [-0.39, 0.29) is 0 Å². The van der Waals surface area contributed by atoms with Crippen LogP contribution in [0.25, 0.3) is 0 Å². The van der Waals surface area contributed by atoms with Crippen LogP contribution in [0.4, 0.5) is 0 Å². The van der Waals surface area contributed by atoms with Crippen LogP contribution in [-0.4, -0.2) is 23.3 Å².